The largest absolute Gasteiger partial charge is 0.306 e. The Labute approximate surface area is 94.2 Å². The predicted molar refractivity (Wildman–Crippen MR) is 63.8 cm³/mol. The average Bonchev–Trinajstić information content (AvgIpc) is 2.60. The molecule has 0 radical (unpaired) electrons. The van der Waals surface area contributed by atoms with Crippen LogP contribution >= 0.6 is 0 Å². The molecule has 3 atom stereocenters. The lowest BCUT2D eigenvalue weighted by Crippen LogP contribution is -2.37. The third kappa shape index (κ3) is 1.84. The van der Waals surface area contributed by atoms with Gasteiger partial charge in [-0.25, -0.2) is 0 Å². The van der Waals surface area contributed by atoms with Crippen LogP contribution in [0, 0.1) is 17.3 Å². The maximum atomic E-state index is 2.56. The molecule has 86 valence electrons. The first-order valence-electron chi connectivity index (χ1n) is 6.96. The van der Waals surface area contributed by atoms with E-state index in [9.17, 15) is 0 Å². The minimum Gasteiger partial charge on any atom is -0.306 e. The fourth-order valence-corrected chi connectivity index (χ4v) is 4.61. The van der Waals surface area contributed by atoms with Gasteiger partial charge in [0.1, 0.15) is 0 Å². The van der Waals surface area contributed by atoms with Crippen LogP contribution in [0.15, 0.2) is 0 Å². The molecular weight excluding hydrogens is 182 g/mol. The van der Waals surface area contributed by atoms with Crippen molar-refractivity contribution >= 4 is 0 Å². The third-order valence-corrected chi connectivity index (χ3v) is 5.44. The molecule has 15 heavy (non-hydrogen) atoms. The van der Waals surface area contributed by atoms with Gasteiger partial charge in [0.25, 0.3) is 0 Å². The van der Waals surface area contributed by atoms with Crippen LogP contribution in [0.25, 0.3) is 0 Å². The summed E-state index contributed by atoms with van der Waals surface area (Å²) in [6.45, 7) is 2.76. The predicted octanol–water partition coefficient (Wildman–Crippen LogP) is 3.30. The van der Waals surface area contributed by atoms with Gasteiger partial charge in [0.05, 0.1) is 0 Å². The summed E-state index contributed by atoms with van der Waals surface area (Å²) in [5, 5.41) is 0. The van der Waals surface area contributed by atoms with Crippen molar-refractivity contribution in [2.24, 2.45) is 17.3 Å². The molecule has 0 bridgehead atoms. The van der Waals surface area contributed by atoms with E-state index >= 15 is 0 Å². The smallest absolute Gasteiger partial charge is 0.00355 e. The molecule has 0 amide bonds. The van der Waals surface area contributed by atoms with Crippen LogP contribution < -0.4 is 0 Å². The van der Waals surface area contributed by atoms with Crippen molar-refractivity contribution in [1.29, 1.82) is 0 Å². The Bertz CT molecular complexity index is 237. The van der Waals surface area contributed by atoms with Crippen LogP contribution in [0.3, 0.4) is 0 Å². The molecule has 2 aliphatic carbocycles. The quantitative estimate of drug-likeness (QED) is 0.589. The normalized spacial score (nSPS) is 47.0. The highest BCUT2D eigenvalue weighted by Crippen LogP contribution is 2.51. The van der Waals surface area contributed by atoms with E-state index in [1.54, 1.807) is 32.1 Å². The van der Waals surface area contributed by atoms with Crippen molar-refractivity contribution in [2.45, 2.75) is 51.4 Å². The molecule has 0 aromatic carbocycles. The average molecular weight is 207 g/mol. The summed E-state index contributed by atoms with van der Waals surface area (Å²) in [5.74, 6) is 2.23. The van der Waals surface area contributed by atoms with E-state index in [4.69, 9.17) is 0 Å². The molecule has 1 aliphatic heterocycles. The molecule has 0 N–H and O–H groups in total. The lowest BCUT2D eigenvalue weighted by molar-refractivity contribution is 0.0655. The number of fused-ring (bicyclic) bond motifs is 1. The zero-order chi connectivity index (χ0) is 10.3. The summed E-state index contributed by atoms with van der Waals surface area (Å²) in [5.41, 5.74) is 0.757. The van der Waals surface area contributed by atoms with Crippen LogP contribution in [-0.2, 0) is 0 Å². The highest BCUT2D eigenvalue weighted by atomic mass is 15.1. The highest BCUT2D eigenvalue weighted by Gasteiger charge is 2.44. The van der Waals surface area contributed by atoms with Crippen molar-refractivity contribution in [1.82, 2.24) is 4.90 Å². The van der Waals surface area contributed by atoms with Crippen LogP contribution in [0.5, 0.6) is 0 Å². The van der Waals surface area contributed by atoms with Gasteiger partial charge in [0.2, 0.25) is 0 Å². The maximum absolute atomic E-state index is 2.56. The Morgan fingerprint density at radius 3 is 2.53 bits per heavy atom. The molecule has 0 aromatic heterocycles. The SMILES string of the molecule is CN1CC[C@]2(CC[C@H]3CCCC[C@@H]3C2)C1. The number of hydrogen-bond acceptors (Lipinski definition) is 1. The molecule has 1 heterocycles. The monoisotopic (exact) mass is 207 g/mol. The molecule has 3 aliphatic rings. The summed E-state index contributed by atoms with van der Waals surface area (Å²) < 4.78 is 0. The van der Waals surface area contributed by atoms with Crippen molar-refractivity contribution in [3.8, 4) is 0 Å². The van der Waals surface area contributed by atoms with Crippen LogP contribution in [0.2, 0.25) is 0 Å². The maximum Gasteiger partial charge on any atom is 0.00355 e. The lowest BCUT2D eigenvalue weighted by Gasteiger charge is -2.45. The Balaban J connectivity index is 1.69. The molecule has 0 aromatic rings. The first kappa shape index (κ1) is 10.1. The van der Waals surface area contributed by atoms with Crippen molar-refractivity contribution in [3.05, 3.63) is 0 Å². The topological polar surface area (TPSA) is 3.24 Å². The standard InChI is InChI=1S/C14H25N/c1-15-9-8-14(11-15)7-6-12-4-2-3-5-13(12)10-14/h12-13H,2-11H2,1H3/t12-,13-,14+/m1/s1. The van der Waals surface area contributed by atoms with Gasteiger partial charge in [0, 0.05) is 6.54 Å². The van der Waals surface area contributed by atoms with E-state index in [2.05, 4.69) is 11.9 Å². The Morgan fingerprint density at radius 2 is 1.80 bits per heavy atom. The van der Waals surface area contributed by atoms with Gasteiger partial charge in [-0.1, -0.05) is 25.7 Å². The van der Waals surface area contributed by atoms with Gasteiger partial charge in [-0.15, -0.1) is 0 Å². The molecule has 2 saturated carbocycles. The summed E-state index contributed by atoms with van der Waals surface area (Å²) in [6.07, 6.45) is 12.3. The second kappa shape index (κ2) is 3.76. The molecule has 3 fully saturated rings. The van der Waals surface area contributed by atoms with Crippen molar-refractivity contribution in [2.75, 3.05) is 20.1 Å². The van der Waals surface area contributed by atoms with E-state index < -0.39 is 0 Å². The zero-order valence-corrected chi connectivity index (χ0v) is 10.2. The summed E-state index contributed by atoms with van der Waals surface area (Å²) in [7, 11) is 2.31. The van der Waals surface area contributed by atoms with Gasteiger partial charge in [0.15, 0.2) is 0 Å². The summed E-state index contributed by atoms with van der Waals surface area (Å²) in [4.78, 5) is 2.56. The minimum absolute atomic E-state index is 0.757. The molecule has 1 nitrogen and oxygen atoms in total. The van der Waals surface area contributed by atoms with Gasteiger partial charge in [-0.05, 0) is 56.5 Å². The van der Waals surface area contributed by atoms with Crippen LogP contribution in [0.1, 0.15) is 51.4 Å². The number of hydrogen-bond donors (Lipinski definition) is 0. The van der Waals surface area contributed by atoms with Gasteiger partial charge in [-0.2, -0.15) is 0 Å². The highest BCUT2D eigenvalue weighted by molar-refractivity contribution is 4.96. The minimum atomic E-state index is 0.757. The van der Waals surface area contributed by atoms with Crippen molar-refractivity contribution in [3.63, 3.8) is 0 Å². The Morgan fingerprint density at radius 1 is 1.00 bits per heavy atom. The fraction of sp³-hybridized carbons (Fsp3) is 1.00. The van der Waals surface area contributed by atoms with E-state index in [1.165, 1.54) is 32.4 Å². The summed E-state index contributed by atoms with van der Waals surface area (Å²) >= 11 is 0. The summed E-state index contributed by atoms with van der Waals surface area (Å²) in [6, 6.07) is 0. The van der Waals surface area contributed by atoms with E-state index in [-0.39, 0.29) is 0 Å². The molecule has 1 heteroatoms. The van der Waals surface area contributed by atoms with Crippen molar-refractivity contribution < 1.29 is 0 Å². The van der Waals surface area contributed by atoms with E-state index in [1.807, 2.05) is 0 Å². The molecule has 1 saturated heterocycles. The first-order valence-corrected chi connectivity index (χ1v) is 6.96. The molecule has 0 unspecified atom stereocenters. The van der Waals surface area contributed by atoms with Crippen LogP contribution in [-0.4, -0.2) is 25.0 Å². The fourth-order valence-electron chi connectivity index (χ4n) is 4.61. The number of rotatable bonds is 0. The number of nitrogens with zero attached hydrogens (tertiary/aromatic N) is 1. The first-order chi connectivity index (χ1) is 7.27. The Hall–Kier alpha value is -0.0400. The second-order valence-electron chi connectivity index (χ2n) is 6.54. The molecular formula is C14H25N. The van der Waals surface area contributed by atoms with Gasteiger partial charge < -0.3 is 4.90 Å². The molecule has 3 rings (SSSR count). The Kier molecular flexibility index (Phi) is 2.54. The van der Waals surface area contributed by atoms with Crippen LogP contribution in [0.4, 0.5) is 0 Å². The lowest BCUT2D eigenvalue weighted by atomic mass is 9.61. The zero-order valence-electron chi connectivity index (χ0n) is 10.2. The van der Waals surface area contributed by atoms with E-state index in [0.29, 0.717) is 0 Å². The van der Waals surface area contributed by atoms with E-state index in [0.717, 1.165) is 17.3 Å². The van der Waals surface area contributed by atoms with Gasteiger partial charge in [-0.3, -0.25) is 0 Å². The second-order valence-corrected chi connectivity index (χ2v) is 6.54. The third-order valence-electron chi connectivity index (χ3n) is 5.44. The number of likely N-dealkylation sites (tertiary alicyclic amines) is 1. The molecule has 1 spiro atoms. The van der Waals surface area contributed by atoms with Gasteiger partial charge >= 0.3 is 0 Å².